The Hall–Kier alpha value is -2.37. The van der Waals surface area contributed by atoms with Crippen molar-refractivity contribution in [3.63, 3.8) is 0 Å². The Morgan fingerprint density at radius 2 is 2.00 bits per heavy atom. The second-order valence-corrected chi connectivity index (χ2v) is 4.12. The first-order chi connectivity index (χ1) is 9.37. The number of pyridine rings is 1. The van der Waals surface area contributed by atoms with Crippen LogP contribution >= 0.6 is 0 Å². The molecule has 0 saturated carbocycles. The van der Waals surface area contributed by atoms with Gasteiger partial charge in [-0.3, -0.25) is 9.78 Å². The molecule has 1 heterocycles. The molecule has 6 heteroatoms. The number of nitrogens with zero attached hydrogens (tertiary/aromatic N) is 1. The highest BCUT2D eigenvalue weighted by Gasteiger charge is 2.33. The van der Waals surface area contributed by atoms with Crippen LogP contribution in [0.5, 0.6) is 5.75 Å². The number of hydrogen-bond donors (Lipinski definition) is 0. The van der Waals surface area contributed by atoms with Crippen molar-refractivity contribution in [3.8, 4) is 5.75 Å². The smallest absolute Gasteiger partial charge is 0.405 e. The average molecular weight is 281 g/mol. The third-order valence-electron chi connectivity index (χ3n) is 2.53. The summed E-state index contributed by atoms with van der Waals surface area (Å²) in [6.45, 7) is 1.68. The van der Waals surface area contributed by atoms with Crippen LogP contribution in [0.25, 0.3) is 0 Å². The number of benzene rings is 1. The predicted octanol–water partition coefficient (Wildman–Crippen LogP) is 3.52. The summed E-state index contributed by atoms with van der Waals surface area (Å²) < 4.78 is 40.9. The van der Waals surface area contributed by atoms with Gasteiger partial charge in [0.1, 0.15) is 5.75 Å². The number of aryl methyl sites for hydroxylation is 1. The van der Waals surface area contributed by atoms with Gasteiger partial charge in [-0.1, -0.05) is 11.6 Å². The van der Waals surface area contributed by atoms with Crippen LogP contribution in [0.15, 0.2) is 42.7 Å². The second kappa shape index (κ2) is 5.32. The second-order valence-electron chi connectivity index (χ2n) is 4.12. The van der Waals surface area contributed by atoms with E-state index < -0.39 is 17.9 Å². The highest BCUT2D eigenvalue weighted by molar-refractivity contribution is 6.10. The van der Waals surface area contributed by atoms with Crippen molar-refractivity contribution in [1.29, 1.82) is 0 Å². The van der Waals surface area contributed by atoms with Gasteiger partial charge in [-0.25, -0.2) is 0 Å². The van der Waals surface area contributed by atoms with E-state index >= 15 is 0 Å². The van der Waals surface area contributed by atoms with E-state index in [1.807, 2.05) is 0 Å². The maximum absolute atomic E-state index is 12.3. The van der Waals surface area contributed by atoms with Gasteiger partial charge < -0.3 is 4.74 Å². The maximum Gasteiger partial charge on any atom is 0.573 e. The number of carbonyl (C=O) groups excluding carboxylic acids is 1. The minimum Gasteiger partial charge on any atom is -0.405 e. The molecule has 0 aliphatic rings. The Labute approximate surface area is 113 Å². The van der Waals surface area contributed by atoms with Crippen molar-refractivity contribution in [2.45, 2.75) is 13.3 Å². The molecule has 0 unspecified atom stereocenters. The monoisotopic (exact) mass is 281 g/mol. The van der Waals surface area contributed by atoms with E-state index in [0.717, 1.165) is 6.07 Å². The van der Waals surface area contributed by atoms with Crippen molar-refractivity contribution in [2.75, 3.05) is 0 Å². The summed E-state index contributed by atoms with van der Waals surface area (Å²) in [5.74, 6) is -1.09. The zero-order valence-electron chi connectivity index (χ0n) is 10.4. The van der Waals surface area contributed by atoms with E-state index in [9.17, 15) is 18.0 Å². The average Bonchev–Trinajstić information content (AvgIpc) is 2.39. The van der Waals surface area contributed by atoms with Gasteiger partial charge in [-0.2, -0.15) is 0 Å². The van der Waals surface area contributed by atoms with Gasteiger partial charge >= 0.3 is 6.36 Å². The third kappa shape index (κ3) is 3.34. The largest absolute Gasteiger partial charge is 0.573 e. The number of rotatable bonds is 3. The van der Waals surface area contributed by atoms with Gasteiger partial charge in [0, 0.05) is 18.0 Å². The Balaban J connectivity index is 2.44. The minimum absolute atomic E-state index is 0.143. The van der Waals surface area contributed by atoms with Crippen LogP contribution in [0.3, 0.4) is 0 Å². The molecule has 20 heavy (non-hydrogen) atoms. The molecule has 0 aliphatic heterocycles. The van der Waals surface area contributed by atoms with E-state index in [2.05, 4.69) is 9.72 Å². The molecule has 0 radical (unpaired) electrons. The van der Waals surface area contributed by atoms with Crippen LogP contribution in [0.4, 0.5) is 13.2 Å². The number of carbonyl (C=O) groups is 1. The van der Waals surface area contributed by atoms with E-state index in [1.165, 1.54) is 36.7 Å². The lowest BCUT2D eigenvalue weighted by molar-refractivity contribution is -0.274. The van der Waals surface area contributed by atoms with Gasteiger partial charge in [-0.15, -0.1) is 13.2 Å². The van der Waals surface area contributed by atoms with Gasteiger partial charge in [0.2, 0.25) is 0 Å². The highest BCUT2D eigenvalue weighted by Crippen LogP contribution is 2.28. The fourth-order valence-electron chi connectivity index (χ4n) is 1.69. The first-order valence-corrected chi connectivity index (χ1v) is 5.68. The summed E-state index contributed by atoms with van der Waals surface area (Å²) in [6, 6.07) is 6.95. The van der Waals surface area contributed by atoms with Crippen molar-refractivity contribution in [1.82, 2.24) is 4.98 Å². The van der Waals surface area contributed by atoms with Crippen molar-refractivity contribution < 1.29 is 22.7 Å². The first-order valence-electron chi connectivity index (χ1n) is 5.68. The van der Waals surface area contributed by atoms with Gasteiger partial charge in [0.25, 0.3) is 0 Å². The topological polar surface area (TPSA) is 39.2 Å². The standard InChI is InChI=1S/C14H10F3NO2/c1-9-4-5-12(20-14(15,16)17)11(7-9)13(19)10-3-2-6-18-8-10/h2-8H,1H3. The Kier molecular flexibility index (Phi) is 3.74. The Morgan fingerprint density at radius 1 is 1.25 bits per heavy atom. The zero-order valence-corrected chi connectivity index (χ0v) is 10.4. The number of alkyl halides is 3. The molecule has 104 valence electrons. The molecule has 0 aliphatic carbocycles. The molecule has 3 nitrogen and oxygen atoms in total. The van der Waals surface area contributed by atoms with E-state index in [4.69, 9.17) is 0 Å². The normalized spacial score (nSPS) is 11.2. The molecule has 0 bridgehead atoms. The summed E-state index contributed by atoms with van der Waals surface area (Å²) in [7, 11) is 0. The molecule has 0 N–H and O–H groups in total. The van der Waals surface area contributed by atoms with Crippen molar-refractivity contribution in [3.05, 3.63) is 59.4 Å². The number of ether oxygens (including phenoxy) is 1. The summed E-state index contributed by atoms with van der Waals surface area (Å²) in [4.78, 5) is 16.0. The lowest BCUT2D eigenvalue weighted by atomic mass is 10.0. The van der Waals surface area contributed by atoms with Crippen LogP contribution < -0.4 is 4.74 Å². The predicted molar refractivity (Wildman–Crippen MR) is 65.5 cm³/mol. The molecule has 0 atom stereocenters. The van der Waals surface area contributed by atoms with Crippen molar-refractivity contribution >= 4 is 5.78 Å². The fraction of sp³-hybridized carbons (Fsp3) is 0.143. The lowest BCUT2D eigenvalue weighted by Crippen LogP contribution is -2.19. The summed E-state index contributed by atoms with van der Waals surface area (Å²) >= 11 is 0. The third-order valence-corrected chi connectivity index (χ3v) is 2.53. The van der Waals surface area contributed by atoms with Crippen LogP contribution in [-0.2, 0) is 0 Å². The van der Waals surface area contributed by atoms with Crippen LogP contribution in [0.1, 0.15) is 21.5 Å². The number of ketones is 1. The number of hydrogen-bond acceptors (Lipinski definition) is 3. The molecule has 2 rings (SSSR count). The first kappa shape index (κ1) is 14.0. The Morgan fingerprint density at radius 3 is 2.60 bits per heavy atom. The zero-order chi connectivity index (χ0) is 14.8. The SMILES string of the molecule is Cc1ccc(OC(F)(F)F)c(C(=O)c2cccnc2)c1. The number of halogens is 3. The molecule has 0 saturated heterocycles. The van der Waals surface area contributed by atoms with Gasteiger partial charge in [-0.05, 0) is 31.2 Å². The van der Waals surface area contributed by atoms with Crippen LogP contribution in [0, 0.1) is 6.92 Å². The summed E-state index contributed by atoms with van der Waals surface area (Å²) in [6.07, 6.45) is -2.08. The van der Waals surface area contributed by atoms with Crippen molar-refractivity contribution in [2.24, 2.45) is 0 Å². The fourth-order valence-corrected chi connectivity index (χ4v) is 1.69. The molecule has 0 fully saturated rings. The molecule has 2 aromatic rings. The Bertz CT molecular complexity index is 624. The van der Waals surface area contributed by atoms with E-state index in [-0.39, 0.29) is 11.1 Å². The summed E-state index contributed by atoms with van der Waals surface area (Å²) in [5, 5.41) is 0. The molecular weight excluding hydrogens is 271 g/mol. The van der Waals surface area contributed by atoms with E-state index in [0.29, 0.717) is 5.56 Å². The molecule has 0 amide bonds. The quantitative estimate of drug-likeness (QED) is 0.808. The molecule has 0 spiro atoms. The van der Waals surface area contributed by atoms with Gasteiger partial charge in [0.15, 0.2) is 5.78 Å². The minimum atomic E-state index is -4.85. The van der Waals surface area contributed by atoms with Crippen LogP contribution in [0.2, 0.25) is 0 Å². The van der Waals surface area contributed by atoms with E-state index in [1.54, 1.807) is 6.92 Å². The number of aromatic nitrogens is 1. The van der Waals surface area contributed by atoms with Gasteiger partial charge in [0.05, 0.1) is 5.56 Å². The summed E-state index contributed by atoms with van der Waals surface area (Å²) in [5.41, 5.74) is 0.715. The molecular formula is C14H10F3NO2. The lowest BCUT2D eigenvalue weighted by Gasteiger charge is -2.13. The molecule has 1 aromatic carbocycles. The highest BCUT2D eigenvalue weighted by atomic mass is 19.4. The molecule has 1 aromatic heterocycles. The maximum atomic E-state index is 12.3. The van der Waals surface area contributed by atoms with Crippen LogP contribution in [-0.4, -0.2) is 17.1 Å².